The van der Waals surface area contributed by atoms with Crippen molar-refractivity contribution < 1.29 is 14.0 Å². The first-order valence-corrected chi connectivity index (χ1v) is 10.7. The van der Waals surface area contributed by atoms with Gasteiger partial charge in [0, 0.05) is 0 Å². The summed E-state index contributed by atoms with van der Waals surface area (Å²) in [4.78, 5) is 11.3. The molecule has 18 heavy (non-hydrogen) atoms. The number of hydrogen-bond acceptors (Lipinski definition) is 3. The molecule has 0 amide bonds. The van der Waals surface area contributed by atoms with Crippen molar-refractivity contribution in [3.05, 3.63) is 0 Å². The molecule has 0 aromatic heterocycles. The molecule has 0 aliphatic heterocycles. The van der Waals surface area contributed by atoms with E-state index in [0.29, 0.717) is 6.61 Å². The van der Waals surface area contributed by atoms with Crippen molar-refractivity contribution >= 4 is 14.5 Å². The van der Waals surface area contributed by atoms with Gasteiger partial charge in [-0.3, -0.25) is 0 Å². The summed E-state index contributed by atoms with van der Waals surface area (Å²) >= 11 is 0. The minimum atomic E-state index is -1.79. The summed E-state index contributed by atoms with van der Waals surface area (Å²) in [5, 5.41) is 0. The highest BCUT2D eigenvalue weighted by Gasteiger charge is 2.20. The Hall–Kier alpha value is -0.513. The van der Waals surface area contributed by atoms with Gasteiger partial charge in [-0.25, -0.2) is 4.79 Å². The van der Waals surface area contributed by atoms with Crippen LogP contribution in [0.3, 0.4) is 0 Å². The summed E-state index contributed by atoms with van der Waals surface area (Å²) in [6.07, 6.45) is 9.51. The van der Waals surface area contributed by atoms with E-state index < -0.39 is 14.5 Å². The van der Waals surface area contributed by atoms with Crippen molar-refractivity contribution in [1.29, 1.82) is 0 Å². The smallest absolute Gasteiger partial charge is 0.490 e. The van der Waals surface area contributed by atoms with Crippen LogP contribution in [-0.2, 0) is 9.16 Å². The number of carbonyl (C=O) groups is 1. The molecule has 0 radical (unpaired) electrons. The average Bonchev–Trinajstić information content (AvgIpc) is 2.24. The molecule has 0 bridgehead atoms. The molecule has 0 aromatic carbocycles. The van der Waals surface area contributed by atoms with Crippen molar-refractivity contribution in [2.75, 3.05) is 6.61 Å². The minimum absolute atomic E-state index is 0.489. The molecule has 0 rings (SSSR count). The Morgan fingerprint density at radius 2 is 1.39 bits per heavy atom. The summed E-state index contributed by atoms with van der Waals surface area (Å²) in [5.74, 6) is 0. The van der Waals surface area contributed by atoms with Crippen LogP contribution in [0.25, 0.3) is 0 Å². The molecule has 0 saturated heterocycles. The third-order valence-corrected chi connectivity index (χ3v) is 3.39. The Balaban J connectivity index is 3.23. The Morgan fingerprint density at radius 3 is 1.89 bits per heavy atom. The molecule has 0 atom stereocenters. The van der Waals surface area contributed by atoms with Crippen LogP contribution in [0.4, 0.5) is 4.79 Å². The molecule has 0 spiro atoms. The first kappa shape index (κ1) is 17.5. The summed E-state index contributed by atoms with van der Waals surface area (Å²) < 4.78 is 10.2. The van der Waals surface area contributed by atoms with Crippen molar-refractivity contribution in [2.45, 2.75) is 77.9 Å². The quantitative estimate of drug-likeness (QED) is 0.315. The predicted octanol–water partition coefficient (Wildman–Crippen LogP) is 5.12. The van der Waals surface area contributed by atoms with Crippen LogP contribution in [0.1, 0.15) is 58.3 Å². The fourth-order valence-electron chi connectivity index (χ4n) is 1.67. The van der Waals surface area contributed by atoms with E-state index in [2.05, 4.69) is 6.92 Å². The molecule has 0 aliphatic rings. The largest absolute Gasteiger partial charge is 0.494 e. The molecule has 0 fully saturated rings. The first-order valence-electron chi connectivity index (χ1n) is 7.31. The van der Waals surface area contributed by atoms with Crippen molar-refractivity contribution in [1.82, 2.24) is 0 Å². The summed E-state index contributed by atoms with van der Waals surface area (Å²) in [7, 11) is -1.79. The number of carbonyl (C=O) groups excluding carboxylic acids is 1. The number of unbranched alkanes of at least 4 members (excludes halogenated alkanes) is 7. The summed E-state index contributed by atoms with van der Waals surface area (Å²) in [6.45, 7) is 8.66. The number of ether oxygens (including phenoxy) is 1. The van der Waals surface area contributed by atoms with Gasteiger partial charge in [-0.05, 0) is 26.1 Å². The van der Waals surface area contributed by atoms with Gasteiger partial charge in [0.05, 0.1) is 6.61 Å². The second kappa shape index (κ2) is 10.4. The first-order chi connectivity index (χ1) is 8.45. The fraction of sp³-hybridized carbons (Fsp3) is 0.929. The zero-order chi connectivity index (χ0) is 13.9. The topological polar surface area (TPSA) is 35.5 Å². The monoisotopic (exact) mass is 274 g/mol. The van der Waals surface area contributed by atoms with Gasteiger partial charge in [0.1, 0.15) is 0 Å². The molecule has 3 nitrogen and oxygen atoms in total. The fourth-order valence-corrected chi connectivity index (χ4v) is 2.23. The van der Waals surface area contributed by atoms with Gasteiger partial charge < -0.3 is 9.16 Å². The molecule has 0 aliphatic carbocycles. The Labute approximate surface area is 113 Å². The van der Waals surface area contributed by atoms with Crippen LogP contribution in [-0.4, -0.2) is 21.1 Å². The molecule has 4 heteroatoms. The van der Waals surface area contributed by atoms with Crippen LogP contribution in [0.5, 0.6) is 0 Å². The third kappa shape index (κ3) is 13.6. The highest BCUT2D eigenvalue weighted by atomic mass is 28.4. The predicted molar refractivity (Wildman–Crippen MR) is 78.4 cm³/mol. The van der Waals surface area contributed by atoms with Gasteiger partial charge >= 0.3 is 6.16 Å². The van der Waals surface area contributed by atoms with Crippen LogP contribution < -0.4 is 0 Å². The maximum Gasteiger partial charge on any atom is 0.494 e. The van der Waals surface area contributed by atoms with Crippen LogP contribution in [0.15, 0.2) is 0 Å². The minimum Gasteiger partial charge on any atom is -0.490 e. The lowest BCUT2D eigenvalue weighted by Crippen LogP contribution is -2.29. The number of rotatable bonds is 10. The Morgan fingerprint density at radius 1 is 0.889 bits per heavy atom. The number of hydrogen-bond donors (Lipinski definition) is 0. The van der Waals surface area contributed by atoms with Gasteiger partial charge in [0.15, 0.2) is 0 Å². The van der Waals surface area contributed by atoms with Crippen LogP contribution >= 0.6 is 0 Å². The maximum atomic E-state index is 11.3. The molecule has 108 valence electrons. The second-order valence-electron chi connectivity index (χ2n) is 5.79. The third-order valence-electron chi connectivity index (χ3n) is 2.61. The molecule has 0 aromatic rings. The molecule has 0 heterocycles. The molecular formula is C14H30O3Si. The molecule has 0 saturated carbocycles. The Bertz CT molecular complexity index is 212. The van der Waals surface area contributed by atoms with E-state index in [9.17, 15) is 4.79 Å². The van der Waals surface area contributed by atoms with Gasteiger partial charge in [0.25, 0.3) is 8.32 Å². The second-order valence-corrected chi connectivity index (χ2v) is 10.2. The van der Waals surface area contributed by atoms with Crippen molar-refractivity contribution in [2.24, 2.45) is 0 Å². The zero-order valence-electron chi connectivity index (χ0n) is 12.6. The van der Waals surface area contributed by atoms with E-state index >= 15 is 0 Å². The van der Waals surface area contributed by atoms with Gasteiger partial charge in [-0.1, -0.05) is 51.9 Å². The highest BCUT2D eigenvalue weighted by Crippen LogP contribution is 2.09. The van der Waals surface area contributed by atoms with Gasteiger partial charge in [-0.15, -0.1) is 0 Å². The Kier molecular flexibility index (Phi) is 10.1. The van der Waals surface area contributed by atoms with E-state index in [1.54, 1.807) is 0 Å². The molecule has 0 N–H and O–H groups in total. The zero-order valence-corrected chi connectivity index (χ0v) is 13.6. The normalized spacial score (nSPS) is 11.3. The average molecular weight is 274 g/mol. The van der Waals surface area contributed by atoms with Crippen molar-refractivity contribution in [3.8, 4) is 0 Å². The highest BCUT2D eigenvalue weighted by molar-refractivity contribution is 6.71. The van der Waals surface area contributed by atoms with E-state index in [1.165, 1.54) is 38.5 Å². The maximum absolute atomic E-state index is 11.3. The lowest BCUT2D eigenvalue weighted by molar-refractivity contribution is 0.0953. The lowest BCUT2D eigenvalue weighted by Gasteiger charge is -2.16. The van der Waals surface area contributed by atoms with Crippen LogP contribution in [0, 0.1) is 0 Å². The van der Waals surface area contributed by atoms with E-state index in [4.69, 9.17) is 9.16 Å². The van der Waals surface area contributed by atoms with Gasteiger partial charge in [0.2, 0.25) is 0 Å². The molecular weight excluding hydrogens is 244 g/mol. The van der Waals surface area contributed by atoms with Crippen LogP contribution in [0.2, 0.25) is 19.6 Å². The summed E-state index contributed by atoms with van der Waals surface area (Å²) in [5.41, 5.74) is 0. The lowest BCUT2D eigenvalue weighted by atomic mass is 10.1. The van der Waals surface area contributed by atoms with E-state index in [-0.39, 0.29) is 0 Å². The SMILES string of the molecule is CCCCCCCCCCOC(=O)O[Si](C)(C)C. The van der Waals surface area contributed by atoms with E-state index in [0.717, 1.165) is 12.8 Å². The van der Waals surface area contributed by atoms with E-state index in [1.807, 2.05) is 19.6 Å². The standard InChI is InChI=1S/C14H30O3Si/c1-5-6-7-8-9-10-11-12-13-16-14(15)17-18(2,3)4/h5-13H2,1-4H3. The summed E-state index contributed by atoms with van der Waals surface area (Å²) in [6, 6.07) is 0. The van der Waals surface area contributed by atoms with Crippen molar-refractivity contribution in [3.63, 3.8) is 0 Å². The van der Waals surface area contributed by atoms with Gasteiger partial charge in [-0.2, -0.15) is 0 Å². The molecule has 0 unspecified atom stereocenters.